The highest BCUT2D eigenvalue weighted by molar-refractivity contribution is 5.89. The van der Waals surface area contributed by atoms with Gasteiger partial charge in [-0.3, -0.25) is 15.1 Å². The van der Waals surface area contributed by atoms with Crippen LogP contribution in [0.5, 0.6) is 0 Å². The fourth-order valence-electron chi connectivity index (χ4n) is 1.53. The number of rotatable bonds is 3. The number of allylic oxidation sites excluding steroid dienone is 1. The number of aliphatic imine (C=N–C) groups is 1. The van der Waals surface area contributed by atoms with Crippen molar-refractivity contribution < 1.29 is 4.92 Å². The maximum atomic E-state index is 10.6. The Kier molecular flexibility index (Phi) is 2.58. The summed E-state index contributed by atoms with van der Waals surface area (Å²) < 4.78 is 0. The zero-order valence-electron chi connectivity index (χ0n) is 8.09. The van der Waals surface area contributed by atoms with Crippen molar-refractivity contribution in [2.75, 3.05) is 0 Å². The SMILES string of the molecule is O=[N+]([O-])c1cccc(CC2=NC=CC2)c1. The number of nitrogens with zero attached hydrogens (tertiary/aromatic N) is 2. The molecular formula is C11H10N2O2. The fraction of sp³-hybridized carbons (Fsp3) is 0.182. The van der Waals surface area contributed by atoms with Crippen LogP contribution in [0.15, 0.2) is 41.5 Å². The molecule has 2 rings (SSSR count). The van der Waals surface area contributed by atoms with E-state index in [1.54, 1.807) is 18.3 Å². The molecule has 1 aromatic rings. The maximum Gasteiger partial charge on any atom is 0.269 e. The molecule has 0 aliphatic carbocycles. The second-order valence-electron chi connectivity index (χ2n) is 3.39. The molecule has 4 nitrogen and oxygen atoms in total. The summed E-state index contributed by atoms with van der Waals surface area (Å²) in [4.78, 5) is 14.3. The van der Waals surface area contributed by atoms with Gasteiger partial charge in [-0.05, 0) is 5.56 Å². The van der Waals surface area contributed by atoms with Crippen molar-refractivity contribution in [3.63, 3.8) is 0 Å². The van der Waals surface area contributed by atoms with Gasteiger partial charge in [0.05, 0.1) is 4.92 Å². The maximum absolute atomic E-state index is 10.6. The Bertz CT molecular complexity index is 450. The molecule has 76 valence electrons. The van der Waals surface area contributed by atoms with Gasteiger partial charge in [-0.2, -0.15) is 0 Å². The monoisotopic (exact) mass is 202 g/mol. The number of non-ortho nitro benzene ring substituents is 1. The molecule has 0 N–H and O–H groups in total. The van der Waals surface area contributed by atoms with Gasteiger partial charge in [0, 0.05) is 36.9 Å². The van der Waals surface area contributed by atoms with Gasteiger partial charge < -0.3 is 0 Å². The Morgan fingerprint density at radius 2 is 2.33 bits per heavy atom. The lowest BCUT2D eigenvalue weighted by Crippen LogP contribution is -1.99. The summed E-state index contributed by atoms with van der Waals surface area (Å²) in [6, 6.07) is 6.68. The first-order chi connectivity index (χ1) is 7.25. The summed E-state index contributed by atoms with van der Waals surface area (Å²) in [6.45, 7) is 0. The van der Waals surface area contributed by atoms with Crippen LogP contribution >= 0.6 is 0 Å². The molecule has 0 spiro atoms. The summed E-state index contributed by atoms with van der Waals surface area (Å²) >= 11 is 0. The molecule has 1 heterocycles. The van der Waals surface area contributed by atoms with Crippen molar-refractivity contribution in [3.05, 3.63) is 52.2 Å². The van der Waals surface area contributed by atoms with Gasteiger partial charge in [0.25, 0.3) is 5.69 Å². The van der Waals surface area contributed by atoms with E-state index in [0.717, 1.165) is 17.7 Å². The van der Waals surface area contributed by atoms with E-state index in [1.165, 1.54) is 6.07 Å². The molecule has 0 atom stereocenters. The average Bonchev–Trinajstić information content (AvgIpc) is 2.71. The van der Waals surface area contributed by atoms with E-state index >= 15 is 0 Å². The zero-order valence-corrected chi connectivity index (χ0v) is 8.09. The molecule has 1 aliphatic rings. The normalized spacial score (nSPS) is 14.0. The quantitative estimate of drug-likeness (QED) is 0.558. The van der Waals surface area contributed by atoms with Crippen molar-refractivity contribution in [1.29, 1.82) is 0 Å². The third-order valence-corrected chi connectivity index (χ3v) is 2.25. The van der Waals surface area contributed by atoms with Gasteiger partial charge in [0.15, 0.2) is 0 Å². The molecular weight excluding hydrogens is 192 g/mol. The third kappa shape index (κ3) is 2.28. The summed E-state index contributed by atoms with van der Waals surface area (Å²) in [6.07, 6.45) is 5.29. The topological polar surface area (TPSA) is 55.5 Å². The van der Waals surface area contributed by atoms with Crippen LogP contribution in [0.3, 0.4) is 0 Å². The van der Waals surface area contributed by atoms with Crippen molar-refractivity contribution in [2.45, 2.75) is 12.8 Å². The van der Waals surface area contributed by atoms with Crippen LogP contribution in [-0.4, -0.2) is 10.6 Å². The number of nitro benzene ring substituents is 1. The van der Waals surface area contributed by atoms with E-state index in [4.69, 9.17) is 0 Å². The fourth-order valence-corrected chi connectivity index (χ4v) is 1.53. The summed E-state index contributed by atoms with van der Waals surface area (Å²) in [5.74, 6) is 0. The van der Waals surface area contributed by atoms with Gasteiger partial charge in [0.2, 0.25) is 0 Å². The summed E-state index contributed by atoms with van der Waals surface area (Å²) in [5, 5.41) is 10.6. The van der Waals surface area contributed by atoms with Crippen LogP contribution in [0.1, 0.15) is 12.0 Å². The van der Waals surface area contributed by atoms with E-state index in [-0.39, 0.29) is 10.6 Å². The highest BCUT2D eigenvalue weighted by Gasteiger charge is 2.08. The zero-order chi connectivity index (χ0) is 10.7. The lowest BCUT2D eigenvalue weighted by molar-refractivity contribution is -0.384. The number of benzene rings is 1. The van der Waals surface area contributed by atoms with Gasteiger partial charge in [0.1, 0.15) is 0 Å². The summed E-state index contributed by atoms with van der Waals surface area (Å²) in [7, 11) is 0. The Balaban J connectivity index is 2.15. The lowest BCUT2D eigenvalue weighted by Gasteiger charge is -2.00. The van der Waals surface area contributed by atoms with Crippen molar-refractivity contribution >= 4 is 11.4 Å². The molecule has 15 heavy (non-hydrogen) atoms. The number of nitro groups is 1. The Labute approximate surface area is 87.1 Å². The van der Waals surface area contributed by atoms with Gasteiger partial charge in [-0.1, -0.05) is 18.2 Å². The first-order valence-corrected chi connectivity index (χ1v) is 4.69. The Hall–Kier alpha value is -1.97. The molecule has 0 radical (unpaired) electrons. The highest BCUT2D eigenvalue weighted by atomic mass is 16.6. The molecule has 4 heteroatoms. The lowest BCUT2D eigenvalue weighted by atomic mass is 10.1. The molecule has 0 bridgehead atoms. The smallest absolute Gasteiger partial charge is 0.265 e. The van der Waals surface area contributed by atoms with Gasteiger partial charge in [-0.25, -0.2) is 0 Å². The minimum atomic E-state index is -0.377. The predicted molar refractivity (Wildman–Crippen MR) is 58.0 cm³/mol. The third-order valence-electron chi connectivity index (χ3n) is 2.25. The van der Waals surface area contributed by atoms with Crippen molar-refractivity contribution in [2.24, 2.45) is 4.99 Å². The largest absolute Gasteiger partial charge is 0.269 e. The van der Waals surface area contributed by atoms with Crippen LogP contribution in [0.25, 0.3) is 0 Å². The minimum absolute atomic E-state index is 0.138. The van der Waals surface area contributed by atoms with E-state index in [2.05, 4.69) is 4.99 Å². The summed E-state index contributed by atoms with van der Waals surface area (Å²) in [5.41, 5.74) is 2.13. The van der Waals surface area contributed by atoms with E-state index in [9.17, 15) is 10.1 Å². The molecule has 1 aromatic carbocycles. The average molecular weight is 202 g/mol. The molecule has 0 unspecified atom stereocenters. The van der Waals surface area contributed by atoms with Crippen LogP contribution in [0.4, 0.5) is 5.69 Å². The van der Waals surface area contributed by atoms with E-state index in [0.29, 0.717) is 6.42 Å². The standard InChI is InChI=1S/C11H10N2O2/c14-13(15)11-5-1-3-9(8-11)7-10-4-2-6-12-10/h1-3,5-6,8H,4,7H2. The first kappa shape index (κ1) is 9.58. The molecule has 1 aliphatic heterocycles. The van der Waals surface area contributed by atoms with E-state index in [1.807, 2.05) is 12.1 Å². The minimum Gasteiger partial charge on any atom is -0.265 e. The molecule has 0 aromatic heterocycles. The second-order valence-corrected chi connectivity index (χ2v) is 3.39. The van der Waals surface area contributed by atoms with Gasteiger partial charge >= 0.3 is 0 Å². The molecule has 0 amide bonds. The Morgan fingerprint density at radius 1 is 1.47 bits per heavy atom. The highest BCUT2D eigenvalue weighted by Crippen LogP contribution is 2.15. The molecule has 0 saturated carbocycles. The first-order valence-electron chi connectivity index (χ1n) is 4.69. The van der Waals surface area contributed by atoms with Crippen molar-refractivity contribution in [3.8, 4) is 0 Å². The number of hydrogen-bond donors (Lipinski definition) is 0. The van der Waals surface area contributed by atoms with E-state index < -0.39 is 0 Å². The van der Waals surface area contributed by atoms with Crippen LogP contribution in [-0.2, 0) is 6.42 Å². The van der Waals surface area contributed by atoms with Crippen LogP contribution < -0.4 is 0 Å². The predicted octanol–water partition coefficient (Wildman–Crippen LogP) is 2.50. The van der Waals surface area contributed by atoms with Crippen LogP contribution in [0.2, 0.25) is 0 Å². The van der Waals surface area contributed by atoms with Crippen molar-refractivity contribution in [1.82, 2.24) is 0 Å². The molecule has 0 saturated heterocycles. The second kappa shape index (κ2) is 4.04. The number of hydrogen-bond acceptors (Lipinski definition) is 3. The van der Waals surface area contributed by atoms with Crippen LogP contribution in [0, 0.1) is 10.1 Å². The molecule has 0 fully saturated rings. The van der Waals surface area contributed by atoms with Gasteiger partial charge in [-0.15, -0.1) is 0 Å². The Morgan fingerprint density at radius 3 is 3.00 bits per heavy atom.